The molecule has 1 aromatic heterocycles. The molecule has 1 atom stereocenters. The van der Waals surface area contributed by atoms with Crippen molar-refractivity contribution in [2.24, 2.45) is 0 Å². The highest BCUT2D eigenvalue weighted by molar-refractivity contribution is 6.12. The van der Waals surface area contributed by atoms with E-state index in [4.69, 9.17) is 4.74 Å². The Morgan fingerprint density at radius 1 is 1.19 bits per heavy atom. The molecule has 6 heteroatoms. The lowest BCUT2D eigenvalue weighted by atomic mass is 10.1. The Kier molecular flexibility index (Phi) is 4.13. The number of carbonyl (C=O) groups excluding carboxylic acids is 1. The van der Waals surface area contributed by atoms with E-state index < -0.39 is 6.04 Å². The van der Waals surface area contributed by atoms with Crippen molar-refractivity contribution < 1.29 is 9.53 Å². The number of fused-ring (bicyclic) bond motifs is 1. The lowest BCUT2D eigenvalue weighted by molar-refractivity contribution is 0.255. The van der Waals surface area contributed by atoms with Crippen LogP contribution < -0.4 is 14.5 Å². The molecule has 4 rings (SSSR count). The average Bonchev–Trinajstić information content (AvgIpc) is 3.03. The molecule has 1 fully saturated rings. The average molecular weight is 358 g/mol. The number of amides is 2. The number of ether oxygens (including phenoxy) is 1. The molecule has 1 saturated heterocycles. The van der Waals surface area contributed by atoms with E-state index in [1.54, 1.807) is 24.4 Å². The first-order valence-electron chi connectivity index (χ1n) is 8.62. The zero-order valence-electron chi connectivity index (χ0n) is 15.1. The summed E-state index contributed by atoms with van der Waals surface area (Å²) in [5.74, 6) is 0.609. The van der Waals surface area contributed by atoms with Gasteiger partial charge in [-0.15, -0.1) is 0 Å². The van der Waals surface area contributed by atoms with Gasteiger partial charge in [-0.1, -0.05) is 30.3 Å². The molecule has 0 spiro atoms. The lowest BCUT2D eigenvalue weighted by Crippen LogP contribution is -2.34. The number of aromatic nitrogens is 1. The van der Waals surface area contributed by atoms with E-state index in [1.165, 1.54) is 4.90 Å². The van der Waals surface area contributed by atoms with Crippen molar-refractivity contribution in [1.29, 1.82) is 5.26 Å². The zero-order valence-corrected chi connectivity index (χ0v) is 15.1. The summed E-state index contributed by atoms with van der Waals surface area (Å²) in [5, 5.41) is 11.5. The maximum Gasteiger partial charge on any atom is 0.330 e. The molecular formula is C21H18N4O2. The standard InChI is InChI=1S/C21H18N4O2/c1-14-7-8-18(20(9-14)27-2)24-13-16(10-22)25(21(24)26)19-12-23-11-15-5-3-4-6-17(15)19/h3-9,11-12,16H,13H2,1-2H3. The highest BCUT2D eigenvalue weighted by atomic mass is 16.5. The van der Waals surface area contributed by atoms with E-state index in [9.17, 15) is 10.1 Å². The quantitative estimate of drug-likeness (QED) is 0.712. The van der Waals surface area contributed by atoms with Gasteiger partial charge in [0.15, 0.2) is 0 Å². The number of pyridine rings is 1. The van der Waals surface area contributed by atoms with Crippen LogP contribution in [0.15, 0.2) is 54.9 Å². The molecule has 0 saturated carbocycles. The predicted octanol–water partition coefficient (Wildman–Crippen LogP) is 3.89. The van der Waals surface area contributed by atoms with Crippen LogP contribution in [-0.4, -0.2) is 30.7 Å². The maximum absolute atomic E-state index is 13.3. The van der Waals surface area contributed by atoms with E-state index in [0.29, 0.717) is 17.1 Å². The van der Waals surface area contributed by atoms with Crippen LogP contribution in [0.1, 0.15) is 5.56 Å². The number of benzene rings is 2. The molecule has 2 heterocycles. The lowest BCUT2D eigenvalue weighted by Gasteiger charge is -2.22. The third kappa shape index (κ3) is 2.74. The Labute approximate surface area is 157 Å². The topological polar surface area (TPSA) is 69.5 Å². The summed E-state index contributed by atoms with van der Waals surface area (Å²) in [7, 11) is 1.58. The number of aryl methyl sites for hydroxylation is 1. The molecular weight excluding hydrogens is 340 g/mol. The number of carbonyl (C=O) groups is 1. The first-order valence-corrected chi connectivity index (χ1v) is 8.62. The van der Waals surface area contributed by atoms with Crippen molar-refractivity contribution in [2.75, 3.05) is 23.5 Å². The van der Waals surface area contributed by atoms with Crippen molar-refractivity contribution in [1.82, 2.24) is 4.98 Å². The first-order chi connectivity index (χ1) is 13.1. The van der Waals surface area contributed by atoms with Gasteiger partial charge in [0.1, 0.15) is 11.8 Å². The SMILES string of the molecule is COc1cc(C)ccc1N1CC(C#N)N(c2cncc3ccccc23)C1=O. The van der Waals surface area contributed by atoms with Crippen LogP contribution in [0.2, 0.25) is 0 Å². The summed E-state index contributed by atoms with van der Waals surface area (Å²) >= 11 is 0. The molecule has 1 aliphatic heterocycles. The fourth-order valence-corrected chi connectivity index (χ4v) is 3.47. The first kappa shape index (κ1) is 16.9. The van der Waals surface area contributed by atoms with E-state index in [-0.39, 0.29) is 12.6 Å². The molecule has 134 valence electrons. The van der Waals surface area contributed by atoms with Crippen molar-refractivity contribution in [2.45, 2.75) is 13.0 Å². The Bertz CT molecular complexity index is 1070. The van der Waals surface area contributed by atoms with Gasteiger partial charge in [-0.25, -0.2) is 4.79 Å². The Hall–Kier alpha value is -3.59. The minimum absolute atomic E-state index is 0.262. The van der Waals surface area contributed by atoms with Crippen LogP contribution in [0.5, 0.6) is 5.75 Å². The second-order valence-electron chi connectivity index (χ2n) is 6.46. The summed E-state index contributed by atoms with van der Waals surface area (Å²) in [4.78, 5) is 20.7. The second-order valence-corrected chi connectivity index (χ2v) is 6.46. The highest BCUT2D eigenvalue weighted by Gasteiger charge is 2.41. The molecule has 2 aromatic carbocycles. The van der Waals surface area contributed by atoms with Crippen LogP contribution in [-0.2, 0) is 0 Å². The van der Waals surface area contributed by atoms with Gasteiger partial charge in [-0.2, -0.15) is 5.26 Å². The van der Waals surface area contributed by atoms with Crippen molar-refractivity contribution in [3.8, 4) is 11.8 Å². The molecule has 0 aliphatic carbocycles. The van der Waals surface area contributed by atoms with Gasteiger partial charge in [-0.05, 0) is 24.6 Å². The smallest absolute Gasteiger partial charge is 0.330 e. The van der Waals surface area contributed by atoms with Gasteiger partial charge >= 0.3 is 6.03 Å². The van der Waals surface area contributed by atoms with Gasteiger partial charge in [0.25, 0.3) is 0 Å². The molecule has 27 heavy (non-hydrogen) atoms. The van der Waals surface area contributed by atoms with Gasteiger partial charge in [0.2, 0.25) is 0 Å². The number of hydrogen-bond acceptors (Lipinski definition) is 4. The third-order valence-electron chi connectivity index (χ3n) is 4.79. The van der Waals surface area contributed by atoms with E-state index in [1.807, 2.05) is 49.4 Å². The van der Waals surface area contributed by atoms with Crippen molar-refractivity contribution in [3.05, 3.63) is 60.4 Å². The molecule has 1 unspecified atom stereocenters. The Balaban J connectivity index is 1.81. The summed E-state index contributed by atoms with van der Waals surface area (Å²) < 4.78 is 5.46. The van der Waals surface area contributed by atoms with Gasteiger partial charge in [0, 0.05) is 17.0 Å². The van der Waals surface area contributed by atoms with Gasteiger partial charge in [0.05, 0.1) is 37.3 Å². The number of methoxy groups -OCH3 is 1. The van der Waals surface area contributed by atoms with E-state index in [2.05, 4.69) is 11.1 Å². The third-order valence-corrected chi connectivity index (χ3v) is 4.79. The van der Waals surface area contributed by atoms with Crippen LogP contribution in [0.3, 0.4) is 0 Å². The number of anilines is 2. The Morgan fingerprint density at radius 2 is 2.00 bits per heavy atom. The largest absolute Gasteiger partial charge is 0.495 e. The molecule has 2 amide bonds. The normalized spacial score (nSPS) is 16.6. The summed E-state index contributed by atoms with van der Waals surface area (Å²) in [6.45, 7) is 2.22. The molecule has 3 aromatic rings. The zero-order chi connectivity index (χ0) is 19.0. The summed E-state index contributed by atoms with van der Waals surface area (Å²) in [6.07, 6.45) is 3.39. The highest BCUT2D eigenvalue weighted by Crippen LogP contribution is 2.36. The van der Waals surface area contributed by atoms with E-state index >= 15 is 0 Å². The van der Waals surface area contributed by atoms with Crippen LogP contribution in [0, 0.1) is 18.3 Å². The molecule has 0 radical (unpaired) electrons. The van der Waals surface area contributed by atoms with Crippen LogP contribution >= 0.6 is 0 Å². The summed E-state index contributed by atoms with van der Waals surface area (Å²) in [5.41, 5.74) is 2.33. The monoisotopic (exact) mass is 358 g/mol. The van der Waals surface area contributed by atoms with Crippen molar-refractivity contribution >= 4 is 28.2 Å². The molecule has 6 nitrogen and oxygen atoms in total. The fourth-order valence-electron chi connectivity index (χ4n) is 3.47. The second kappa shape index (κ2) is 6.61. The molecule has 0 bridgehead atoms. The number of hydrogen-bond donors (Lipinski definition) is 0. The van der Waals surface area contributed by atoms with Crippen molar-refractivity contribution in [3.63, 3.8) is 0 Å². The number of rotatable bonds is 3. The molecule has 1 aliphatic rings. The summed E-state index contributed by atoms with van der Waals surface area (Å²) in [6, 6.07) is 14.7. The predicted molar refractivity (Wildman–Crippen MR) is 104 cm³/mol. The van der Waals surface area contributed by atoms with Gasteiger partial charge < -0.3 is 4.74 Å². The van der Waals surface area contributed by atoms with E-state index in [0.717, 1.165) is 16.3 Å². The van der Waals surface area contributed by atoms with Gasteiger partial charge in [-0.3, -0.25) is 14.8 Å². The van der Waals surface area contributed by atoms with Crippen LogP contribution in [0.25, 0.3) is 10.8 Å². The number of urea groups is 1. The van der Waals surface area contributed by atoms with Crippen LogP contribution in [0.4, 0.5) is 16.2 Å². The minimum atomic E-state index is -0.615. The Morgan fingerprint density at radius 3 is 2.78 bits per heavy atom. The minimum Gasteiger partial charge on any atom is -0.495 e. The fraction of sp³-hybridized carbons (Fsp3) is 0.190. The maximum atomic E-state index is 13.3. The molecule has 0 N–H and O–H groups in total. The number of nitriles is 1. The number of nitrogens with zero attached hydrogens (tertiary/aromatic N) is 4.